The summed E-state index contributed by atoms with van der Waals surface area (Å²) >= 11 is 12.4. The molecule has 0 radical (unpaired) electrons. The van der Waals surface area contributed by atoms with Crippen LogP contribution < -0.4 is 4.90 Å². The highest BCUT2D eigenvalue weighted by Crippen LogP contribution is 2.54. The van der Waals surface area contributed by atoms with Crippen molar-refractivity contribution in [3.8, 4) is 0 Å². The van der Waals surface area contributed by atoms with Gasteiger partial charge >= 0.3 is 0 Å². The second-order valence-electron chi connectivity index (χ2n) is 9.11. The molecule has 3 aliphatic heterocycles. The number of carbonyl (C=O) groups is 3. The molecular formula is C27H17Cl2N3O5. The number of hydrogen-bond acceptors (Lipinski definition) is 6. The van der Waals surface area contributed by atoms with Gasteiger partial charge in [-0.1, -0.05) is 53.5 Å². The van der Waals surface area contributed by atoms with Gasteiger partial charge in [-0.3, -0.25) is 24.5 Å². The normalized spacial score (nSPS) is 23.6. The molecule has 2 fully saturated rings. The summed E-state index contributed by atoms with van der Waals surface area (Å²) in [5.74, 6) is -3.40. The van der Waals surface area contributed by atoms with Gasteiger partial charge in [0, 0.05) is 28.9 Å². The first-order valence-corrected chi connectivity index (χ1v) is 12.2. The topological polar surface area (TPSA) is 101 Å². The van der Waals surface area contributed by atoms with Crippen molar-refractivity contribution in [2.45, 2.75) is 12.1 Å². The fourth-order valence-corrected chi connectivity index (χ4v) is 6.21. The number of carbonyl (C=O) groups excluding carboxylic acids is 3. The van der Waals surface area contributed by atoms with Gasteiger partial charge in [-0.05, 0) is 41.5 Å². The van der Waals surface area contributed by atoms with Gasteiger partial charge in [-0.2, -0.15) is 0 Å². The highest BCUT2D eigenvalue weighted by Gasteiger charge is 2.64. The van der Waals surface area contributed by atoms with Crippen LogP contribution in [-0.2, 0) is 9.59 Å². The van der Waals surface area contributed by atoms with Crippen molar-refractivity contribution in [2.24, 2.45) is 11.8 Å². The first-order chi connectivity index (χ1) is 17.8. The van der Waals surface area contributed by atoms with Gasteiger partial charge in [0.2, 0.25) is 11.8 Å². The molecule has 0 bridgehead atoms. The van der Waals surface area contributed by atoms with E-state index in [1.165, 1.54) is 36.4 Å². The van der Waals surface area contributed by atoms with Crippen LogP contribution in [0.4, 0.5) is 11.4 Å². The molecule has 0 saturated carbocycles. The lowest BCUT2D eigenvalue weighted by Gasteiger charge is -2.35. The van der Waals surface area contributed by atoms with Gasteiger partial charge in [0.15, 0.2) is 5.78 Å². The third-order valence-electron chi connectivity index (χ3n) is 7.23. The maximum Gasteiger partial charge on any atom is 0.271 e. The highest BCUT2D eigenvalue weighted by atomic mass is 35.5. The van der Waals surface area contributed by atoms with Crippen molar-refractivity contribution in [1.82, 2.24) is 4.90 Å². The van der Waals surface area contributed by atoms with Crippen LogP contribution >= 0.6 is 23.2 Å². The van der Waals surface area contributed by atoms with E-state index in [1.54, 1.807) is 17.2 Å². The molecule has 37 heavy (non-hydrogen) atoms. The van der Waals surface area contributed by atoms with Gasteiger partial charge in [0.1, 0.15) is 6.04 Å². The molecule has 6 rings (SSSR count). The number of amides is 2. The van der Waals surface area contributed by atoms with Gasteiger partial charge in [0.05, 0.1) is 33.5 Å². The van der Waals surface area contributed by atoms with Crippen LogP contribution in [0.2, 0.25) is 10.0 Å². The van der Waals surface area contributed by atoms with E-state index in [0.717, 1.165) is 16.0 Å². The Hall–Kier alpha value is -4.01. The summed E-state index contributed by atoms with van der Waals surface area (Å²) in [5.41, 5.74) is 1.74. The van der Waals surface area contributed by atoms with Crippen LogP contribution in [0, 0.1) is 22.0 Å². The van der Waals surface area contributed by atoms with E-state index in [1.807, 2.05) is 30.3 Å². The van der Waals surface area contributed by atoms with E-state index in [2.05, 4.69) is 0 Å². The number of imide groups is 1. The van der Waals surface area contributed by atoms with E-state index in [0.29, 0.717) is 5.02 Å². The number of benzene rings is 3. The van der Waals surface area contributed by atoms with Crippen molar-refractivity contribution < 1.29 is 19.3 Å². The fraction of sp³-hybridized carbons (Fsp3) is 0.148. The van der Waals surface area contributed by atoms with Gasteiger partial charge in [-0.15, -0.1) is 0 Å². The van der Waals surface area contributed by atoms with Crippen LogP contribution in [-0.4, -0.2) is 33.5 Å². The summed E-state index contributed by atoms with van der Waals surface area (Å²) < 4.78 is 0. The maximum atomic E-state index is 14.0. The molecule has 0 aliphatic carbocycles. The predicted octanol–water partition coefficient (Wildman–Crippen LogP) is 5.30. The lowest BCUT2D eigenvalue weighted by atomic mass is 9.83. The zero-order valence-corrected chi connectivity index (χ0v) is 20.5. The Bertz CT molecular complexity index is 1550. The smallest absolute Gasteiger partial charge is 0.271 e. The summed E-state index contributed by atoms with van der Waals surface area (Å²) in [6.07, 6.45) is 3.60. The average Bonchev–Trinajstić information content (AvgIpc) is 3.36. The summed E-state index contributed by atoms with van der Waals surface area (Å²) in [4.78, 5) is 55.2. The lowest BCUT2D eigenvalue weighted by Crippen LogP contribution is -2.44. The first-order valence-electron chi connectivity index (χ1n) is 11.4. The number of halogens is 2. The quantitative estimate of drug-likeness (QED) is 0.195. The predicted molar refractivity (Wildman–Crippen MR) is 137 cm³/mol. The van der Waals surface area contributed by atoms with E-state index in [4.69, 9.17) is 23.2 Å². The zero-order valence-electron chi connectivity index (χ0n) is 19.0. The summed E-state index contributed by atoms with van der Waals surface area (Å²) in [6.45, 7) is 0. The Morgan fingerprint density at radius 1 is 0.919 bits per heavy atom. The first kappa shape index (κ1) is 23.4. The molecule has 10 heteroatoms. The SMILES string of the molecule is O=C(c1ccc(Cl)cc1Cl)[C@@H]1[C@@H]2C(=O)N(c3cccc([N+](=O)[O-])c3)C(=O)[C@@H]2[C@@H]2c3ccccc3C=CN12. The van der Waals surface area contributed by atoms with Gasteiger partial charge < -0.3 is 4.90 Å². The number of nitro benzene ring substituents is 1. The Balaban J connectivity index is 1.50. The fourth-order valence-electron chi connectivity index (χ4n) is 5.71. The third-order valence-corrected chi connectivity index (χ3v) is 7.77. The van der Waals surface area contributed by atoms with Crippen LogP contribution in [0.5, 0.6) is 0 Å². The van der Waals surface area contributed by atoms with Crippen LogP contribution in [0.1, 0.15) is 27.5 Å². The standard InChI is InChI=1S/C27H17Cl2N3O5/c28-15-8-9-19(20(29)12-15)25(33)24-22-21(23-18-7-2-1-4-14(18)10-11-30(23)24)26(34)31(27(22)35)16-5-3-6-17(13-16)32(36)37/h1-13,21-24H/t21-,22+,23-,24-/m0/s1. The van der Waals surface area contributed by atoms with Gasteiger partial charge in [0.25, 0.3) is 5.69 Å². The molecule has 3 aromatic carbocycles. The number of ketones is 1. The summed E-state index contributed by atoms with van der Waals surface area (Å²) in [5, 5.41) is 11.8. The van der Waals surface area contributed by atoms with Gasteiger partial charge in [-0.25, -0.2) is 4.90 Å². The minimum atomic E-state index is -1.02. The molecule has 3 heterocycles. The lowest BCUT2D eigenvalue weighted by molar-refractivity contribution is -0.384. The largest absolute Gasteiger partial charge is 0.358 e. The van der Waals surface area contributed by atoms with Crippen molar-refractivity contribution in [1.29, 1.82) is 0 Å². The molecule has 0 aromatic heterocycles. The molecule has 4 atom stereocenters. The second kappa shape index (κ2) is 8.54. The molecule has 0 N–H and O–H groups in total. The molecule has 8 nitrogen and oxygen atoms in total. The maximum absolute atomic E-state index is 14.0. The molecule has 2 amide bonds. The second-order valence-corrected chi connectivity index (χ2v) is 9.95. The number of fused-ring (bicyclic) bond motifs is 5. The highest BCUT2D eigenvalue weighted by molar-refractivity contribution is 6.37. The van der Waals surface area contributed by atoms with E-state index >= 15 is 0 Å². The molecule has 184 valence electrons. The van der Waals surface area contributed by atoms with Crippen LogP contribution in [0.15, 0.2) is 72.9 Å². The van der Waals surface area contributed by atoms with Crippen LogP contribution in [0.3, 0.4) is 0 Å². The monoisotopic (exact) mass is 533 g/mol. The van der Waals surface area contributed by atoms with Crippen molar-refractivity contribution >= 4 is 58.3 Å². The Morgan fingerprint density at radius 3 is 2.43 bits per heavy atom. The Labute approximate surface area is 220 Å². The molecular weight excluding hydrogens is 517 g/mol. The molecule has 3 aliphatic rings. The average molecular weight is 534 g/mol. The van der Waals surface area contributed by atoms with E-state index in [-0.39, 0.29) is 22.0 Å². The number of hydrogen-bond donors (Lipinski definition) is 0. The minimum Gasteiger partial charge on any atom is -0.358 e. The minimum absolute atomic E-state index is 0.0977. The third kappa shape index (κ3) is 3.48. The van der Waals surface area contributed by atoms with Crippen molar-refractivity contribution in [2.75, 3.05) is 4.90 Å². The van der Waals surface area contributed by atoms with Crippen molar-refractivity contribution in [3.63, 3.8) is 0 Å². The summed E-state index contributed by atoms with van der Waals surface area (Å²) in [6, 6.07) is 15.8. The molecule has 3 aromatic rings. The van der Waals surface area contributed by atoms with Crippen LogP contribution in [0.25, 0.3) is 6.08 Å². The Morgan fingerprint density at radius 2 is 1.68 bits per heavy atom. The van der Waals surface area contributed by atoms with E-state index in [9.17, 15) is 24.5 Å². The molecule has 0 unspecified atom stereocenters. The zero-order chi connectivity index (χ0) is 26.0. The Kier molecular flexibility index (Phi) is 5.40. The van der Waals surface area contributed by atoms with E-state index < -0.39 is 46.4 Å². The van der Waals surface area contributed by atoms with Crippen molar-refractivity contribution in [3.05, 3.63) is 110 Å². The number of non-ortho nitro benzene ring substituents is 1. The molecule has 2 saturated heterocycles. The number of rotatable bonds is 4. The number of anilines is 1. The number of nitrogens with zero attached hydrogens (tertiary/aromatic N) is 3. The summed E-state index contributed by atoms with van der Waals surface area (Å²) in [7, 11) is 0. The number of Topliss-reactive ketones (excluding diaryl/α,β-unsaturated/α-hetero) is 1. The number of nitro groups is 1. The molecule has 0 spiro atoms.